The van der Waals surface area contributed by atoms with E-state index in [4.69, 9.17) is 34.8 Å². The largest absolute Gasteiger partial charge is 0.325 e. The molecule has 3 aromatic rings. The molecule has 1 N–H and O–H groups in total. The SMILES string of the molecule is CCN(CC)S(=O)(=O)c1cccc(NC(=O)CSC2=N/C(=C/c3ccc(Cl)cc3)C(=O)N2c2cccc(Cl)c2Cl)c1. The van der Waals surface area contributed by atoms with Gasteiger partial charge in [0.05, 0.1) is 26.4 Å². The van der Waals surface area contributed by atoms with Crippen molar-refractivity contribution in [2.24, 2.45) is 4.99 Å². The molecule has 0 aliphatic carbocycles. The van der Waals surface area contributed by atoms with Crippen LogP contribution in [0.5, 0.6) is 0 Å². The number of hydrogen-bond donors (Lipinski definition) is 1. The molecule has 0 spiro atoms. The van der Waals surface area contributed by atoms with Crippen molar-refractivity contribution in [3.63, 3.8) is 0 Å². The molecule has 8 nitrogen and oxygen atoms in total. The molecule has 1 aliphatic heterocycles. The van der Waals surface area contributed by atoms with Crippen molar-refractivity contribution in [3.05, 3.63) is 93.1 Å². The lowest BCUT2D eigenvalue weighted by Crippen LogP contribution is -2.31. The highest BCUT2D eigenvalue weighted by Crippen LogP contribution is 2.37. The third kappa shape index (κ3) is 7.14. The predicted octanol–water partition coefficient (Wildman–Crippen LogP) is 6.79. The summed E-state index contributed by atoms with van der Waals surface area (Å²) in [5.41, 5.74) is 1.50. The fourth-order valence-corrected chi connectivity index (χ4v) is 6.78. The van der Waals surface area contributed by atoms with Gasteiger partial charge in [0.1, 0.15) is 5.70 Å². The van der Waals surface area contributed by atoms with Gasteiger partial charge >= 0.3 is 0 Å². The first-order valence-corrected chi connectivity index (χ1v) is 16.0. The number of anilines is 2. The molecular formula is C28H25Cl3N4O4S2. The van der Waals surface area contributed by atoms with Crippen LogP contribution < -0.4 is 10.2 Å². The number of nitrogens with zero attached hydrogens (tertiary/aromatic N) is 3. The maximum absolute atomic E-state index is 13.5. The van der Waals surface area contributed by atoms with E-state index < -0.39 is 21.8 Å². The number of benzene rings is 3. The second kappa shape index (κ2) is 13.4. The topological polar surface area (TPSA) is 99.1 Å². The monoisotopic (exact) mass is 650 g/mol. The van der Waals surface area contributed by atoms with Gasteiger partial charge in [0.15, 0.2) is 5.17 Å². The molecule has 0 saturated heterocycles. The first-order chi connectivity index (χ1) is 19.5. The Hall–Kier alpha value is -2.86. The molecule has 41 heavy (non-hydrogen) atoms. The molecule has 0 saturated carbocycles. The molecule has 0 atom stereocenters. The fraction of sp³-hybridized carbons (Fsp3) is 0.179. The number of carbonyl (C=O) groups is 2. The van der Waals surface area contributed by atoms with Gasteiger partial charge < -0.3 is 5.32 Å². The highest BCUT2D eigenvalue weighted by molar-refractivity contribution is 8.14. The van der Waals surface area contributed by atoms with Gasteiger partial charge in [-0.15, -0.1) is 0 Å². The second-order valence-corrected chi connectivity index (χ2v) is 12.7. The summed E-state index contributed by atoms with van der Waals surface area (Å²) in [5, 5.41) is 3.93. The van der Waals surface area contributed by atoms with Crippen LogP contribution in [-0.4, -0.2) is 48.5 Å². The lowest BCUT2D eigenvalue weighted by molar-refractivity contribution is -0.114. The van der Waals surface area contributed by atoms with Crippen LogP contribution in [0, 0.1) is 0 Å². The number of rotatable bonds is 9. The number of amides is 2. The molecule has 4 rings (SSSR count). The minimum Gasteiger partial charge on any atom is -0.325 e. The number of carbonyl (C=O) groups excluding carboxylic acids is 2. The standard InChI is InChI=1S/C28H25Cl3N4O4S2/c1-3-34(4-2)41(38,39)21-8-5-7-20(16-21)32-25(36)17-40-28-33-23(15-18-11-13-19(29)14-12-18)27(37)35(28)24-10-6-9-22(30)26(24)31/h5-16H,3-4,17H2,1-2H3,(H,32,36)/b23-15+. The van der Waals surface area contributed by atoms with E-state index in [1.54, 1.807) is 74.5 Å². The Balaban J connectivity index is 1.56. The van der Waals surface area contributed by atoms with Crippen molar-refractivity contribution < 1.29 is 18.0 Å². The Morgan fingerprint density at radius 2 is 1.71 bits per heavy atom. The molecular weight excluding hydrogens is 627 g/mol. The quantitative estimate of drug-likeness (QED) is 0.257. The minimum atomic E-state index is -3.69. The van der Waals surface area contributed by atoms with Gasteiger partial charge in [0, 0.05) is 23.8 Å². The molecule has 2 amide bonds. The first kappa shape index (κ1) is 31.1. The van der Waals surface area contributed by atoms with Gasteiger partial charge in [-0.2, -0.15) is 4.31 Å². The zero-order valence-corrected chi connectivity index (χ0v) is 25.9. The summed E-state index contributed by atoms with van der Waals surface area (Å²) in [6.07, 6.45) is 1.61. The highest BCUT2D eigenvalue weighted by atomic mass is 35.5. The Bertz CT molecular complexity index is 1640. The zero-order valence-electron chi connectivity index (χ0n) is 22.0. The Kier molecular flexibility index (Phi) is 10.2. The van der Waals surface area contributed by atoms with Crippen LogP contribution in [-0.2, 0) is 19.6 Å². The van der Waals surface area contributed by atoms with Crippen molar-refractivity contribution in [2.75, 3.05) is 29.1 Å². The molecule has 1 aliphatic rings. The van der Waals surface area contributed by atoms with Crippen LogP contribution in [0.15, 0.2) is 82.3 Å². The number of halogens is 3. The molecule has 0 fully saturated rings. The van der Waals surface area contributed by atoms with Crippen LogP contribution >= 0.6 is 46.6 Å². The summed E-state index contributed by atoms with van der Waals surface area (Å²) in [6, 6.07) is 17.9. The number of aliphatic imine (C=N–C) groups is 1. The Morgan fingerprint density at radius 3 is 2.39 bits per heavy atom. The van der Waals surface area contributed by atoms with Crippen LogP contribution in [0.1, 0.15) is 19.4 Å². The Morgan fingerprint density at radius 1 is 1.02 bits per heavy atom. The molecule has 0 unspecified atom stereocenters. The van der Waals surface area contributed by atoms with Crippen molar-refractivity contribution in [3.8, 4) is 0 Å². The molecule has 0 bridgehead atoms. The van der Waals surface area contributed by atoms with Crippen molar-refractivity contribution in [2.45, 2.75) is 18.7 Å². The third-order valence-corrected chi connectivity index (χ3v) is 10.0. The molecule has 0 radical (unpaired) electrons. The smallest absolute Gasteiger partial charge is 0.283 e. The van der Waals surface area contributed by atoms with Gasteiger partial charge in [0.2, 0.25) is 15.9 Å². The number of hydrogen-bond acceptors (Lipinski definition) is 6. The van der Waals surface area contributed by atoms with Crippen LogP contribution in [0.3, 0.4) is 0 Å². The molecule has 3 aromatic carbocycles. The average Bonchev–Trinajstić information content (AvgIpc) is 3.25. The van der Waals surface area contributed by atoms with E-state index in [1.165, 1.54) is 21.3 Å². The van der Waals surface area contributed by atoms with E-state index in [0.717, 1.165) is 11.8 Å². The van der Waals surface area contributed by atoms with Crippen LogP contribution in [0.25, 0.3) is 6.08 Å². The highest BCUT2D eigenvalue weighted by Gasteiger charge is 2.34. The maximum Gasteiger partial charge on any atom is 0.283 e. The summed E-state index contributed by atoms with van der Waals surface area (Å²) < 4.78 is 27.1. The van der Waals surface area contributed by atoms with Gasteiger partial charge in [-0.1, -0.05) is 84.7 Å². The number of sulfonamides is 1. The van der Waals surface area contributed by atoms with E-state index in [1.807, 2.05) is 0 Å². The average molecular weight is 652 g/mol. The van der Waals surface area contributed by atoms with Gasteiger partial charge in [-0.3, -0.25) is 14.5 Å². The van der Waals surface area contributed by atoms with E-state index in [9.17, 15) is 18.0 Å². The summed E-state index contributed by atoms with van der Waals surface area (Å²) in [7, 11) is -3.69. The lowest BCUT2D eigenvalue weighted by atomic mass is 10.2. The summed E-state index contributed by atoms with van der Waals surface area (Å²) >= 11 is 19.7. The summed E-state index contributed by atoms with van der Waals surface area (Å²) in [5.74, 6) is -0.988. The van der Waals surface area contributed by atoms with Gasteiger partial charge in [-0.05, 0) is 54.1 Å². The first-order valence-electron chi connectivity index (χ1n) is 12.4. The molecule has 0 aromatic heterocycles. The van der Waals surface area contributed by atoms with E-state index in [-0.39, 0.29) is 31.6 Å². The number of thioether (sulfide) groups is 1. The normalized spacial score (nSPS) is 14.6. The second-order valence-electron chi connectivity index (χ2n) is 8.64. The summed E-state index contributed by atoms with van der Waals surface area (Å²) in [4.78, 5) is 32.3. The number of nitrogens with one attached hydrogen (secondary N) is 1. The number of amidine groups is 1. The minimum absolute atomic E-state index is 0.0798. The van der Waals surface area contributed by atoms with Crippen molar-refractivity contribution in [1.29, 1.82) is 0 Å². The molecule has 13 heteroatoms. The maximum atomic E-state index is 13.5. The van der Waals surface area contributed by atoms with Crippen LogP contribution in [0.2, 0.25) is 15.1 Å². The molecule has 214 valence electrons. The van der Waals surface area contributed by atoms with Gasteiger partial charge in [0.25, 0.3) is 5.91 Å². The van der Waals surface area contributed by atoms with E-state index in [2.05, 4.69) is 10.3 Å². The van der Waals surface area contributed by atoms with E-state index >= 15 is 0 Å². The lowest BCUT2D eigenvalue weighted by Gasteiger charge is -2.20. The third-order valence-electron chi connectivity index (χ3n) is 5.97. The van der Waals surface area contributed by atoms with Gasteiger partial charge in [-0.25, -0.2) is 13.4 Å². The predicted molar refractivity (Wildman–Crippen MR) is 168 cm³/mol. The zero-order chi connectivity index (χ0) is 29.7. The van der Waals surface area contributed by atoms with Crippen molar-refractivity contribution >= 4 is 91.0 Å². The van der Waals surface area contributed by atoms with Crippen LogP contribution in [0.4, 0.5) is 11.4 Å². The molecule has 1 heterocycles. The van der Waals surface area contributed by atoms with E-state index in [0.29, 0.717) is 35.1 Å². The summed E-state index contributed by atoms with van der Waals surface area (Å²) in [6.45, 7) is 4.18. The van der Waals surface area contributed by atoms with Crippen molar-refractivity contribution in [1.82, 2.24) is 4.31 Å². The Labute approximate surface area is 258 Å². The fourth-order valence-electron chi connectivity index (χ4n) is 3.96.